The summed E-state index contributed by atoms with van der Waals surface area (Å²) in [4.78, 5) is 40.4. The summed E-state index contributed by atoms with van der Waals surface area (Å²) in [7, 11) is 1.68. The molecule has 2 aromatic heterocycles. The van der Waals surface area contributed by atoms with Crippen LogP contribution >= 0.6 is 15.9 Å². The minimum absolute atomic E-state index is 0.201. The minimum atomic E-state index is -0.388. The number of aromatic nitrogens is 4. The Bertz CT molecular complexity index is 1120. The lowest BCUT2D eigenvalue weighted by Gasteiger charge is -2.11. The number of nitrogens with zero attached hydrogens (tertiary/aromatic N) is 4. The van der Waals surface area contributed by atoms with Crippen molar-refractivity contribution in [3.63, 3.8) is 0 Å². The molecule has 2 N–H and O–H groups in total. The van der Waals surface area contributed by atoms with Gasteiger partial charge in [0.05, 0.1) is 0 Å². The predicted octanol–water partition coefficient (Wildman–Crippen LogP) is 1.80. The van der Waals surface area contributed by atoms with Gasteiger partial charge < -0.3 is 10.6 Å². The molecule has 2 amide bonds. The number of carbonyl (C=O) groups is 2. The van der Waals surface area contributed by atoms with Gasteiger partial charge in [-0.1, -0.05) is 6.07 Å². The number of halogens is 1. The second-order valence-electron chi connectivity index (χ2n) is 6.05. The molecule has 0 saturated heterocycles. The summed E-state index contributed by atoms with van der Waals surface area (Å²) < 4.78 is 3.09. The van der Waals surface area contributed by atoms with Gasteiger partial charge in [-0.2, -0.15) is 5.10 Å². The van der Waals surface area contributed by atoms with Crippen LogP contribution in [0.1, 0.15) is 12.5 Å². The Hall–Kier alpha value is -3.01. The van der Waals surface area contributed by atoms with E-state index in [1.165, 1.54) is 22.5 Å². The predicted molar refractivity (Wildman–Crippen MR) is 105 cm³/mol. The molecular formula is C17H17BrN6O3. The molecular weight excluding hydrogens is 416 g/mol. The van der Waals surface area contributed by atoms with Gasteiger partial charge in [0, 0.05) is 25.3 Å². The zero-order valence-electron chi connectivity index (χ0n) is 14.9. The van der Waals surface area contributed by atoms with Crippen molar-refractivity contribution in [1.29, 1.82) is 0 Å². The highest BCUT2D eigenvalue weighted by Crippen LogP contribution is 2.20. The van der Waals surface area contributed by atoms with Crippen molar-refractivity contribution in [2.45, 2.75) is 20.4 Å². The number of benzene rings is 1. The fourth-order valence-corrected chi connectivity index (χ4v) is 3.22. The number of rotatable bonds is 4. The maximum atomic E-state index is 12.6. The molecule has 0 radical (unpaired) electrons. The lowest BCUT2D eigenvalue weighted by atomic mass is 10.1. The summed E-state index contributed by atoms with van der Waals surface area (Å²) in [6.45, 7) is 3.04. The van der Waals surface area contributed by atoms with E-state index in [1.807, 2.05) is 6.92 Å². The molecule has 9 nitrogen and oxygen atoms in total. The van der Waals surface area contributed by atoms with Crippen molar-refractivity contribution in [2.75, 3.05) is 10.6 Å². The lowest BCUT2D eigenvalue weighted by Crippen LogP contribution is -2.28. The van der Waals surface area contributed by atoms with E-state index in [9.17, 15) is 14.4 Å². The molecule has 0 fully saturated rings. The lowest BCUT2D eigenvalue weighted by molar-refractivity contribution is -0.117. The average Bonchev–Trinajstić information content (AvgIpc) is 2.87. The largest absolute Gasteiger partial charge is 0.326 e. The van der Waals surface area contributed by atoms with Crippen LogP contribution < -0.4 is 16.2 Å². The third kappa shape index (κ3) is 3.90. The third-order valence-electron chi connectivity index (χ3n) is 3.91. The van der Waals surface area contributed by atoms with E-state index in [1.54, 1.807) is 25.2 Å². The molecule has 10 heteroatoms. The van der Waals surface area contributed by atoms with E-state index < -0.39 is 0 Å². The van der Waals surface area contributed by atoms with Gasteiger partial charge in [0.25, 0.3) is 5.56 Å². The molecule has 2 heterocycles. The Morgan fingerprint density at radius 2 is 2.00 bits per heavy atom. The van der Waals surface area contributed by atoms with Crippen LogP contribution in [0.3, 0.4) is 0 Å². The van der Waals surface area contributed by atoms with E-state index in [2.05, 4.69) is 36.6 Å². The van der Waals surface area contributed by atoms with Crippen LogP contribution in [0.2, 0.25) is 0 Å². The van der Waals surface area contributed by atoms with Crippen LogP contribution in [-0.4, -0.2) is 31.1 Å². The number of aryl methyl sites for hydroxylation is 2. The van der Waals surface area contributed by atoms with Crippen LogP contribution in [-0.2, 0) is 23.2 Å². The standard InChI is InChI=1S/C17H17BrN6O3/c1-9-4-5-11(20-10(2)25)6-12(9)21-13(26)7-24-8-19-16-14(17(24)27)15(18)22-23(16)3/h4-6,8H,7H2,1-3H3,(H,20,25)(H,21,26). The van der Waals surface area contributed by atoms with Gasteiger partial charge in [0.1, 0.15) is 22.9 Å². The first kappa shape index (κ1) is 18.8. The number of nitrogens with one attached hydrogen (secondary N) is 2. The maximum Gasteiger partial charge on any atom is 0.266 e. The number of hydrogen-bond donors (Lipinski definition) is 2. The Morgan fingerprint density at radius 3 is 2.70 bits per heavy atom. The molecule has 0 atom stereocenters. The number of hydrogen-bond acceptors (Lipinski definition) is 5. The van der Waals surface area contributed by atoms with Gasteiger partial charge in [-0.15, -0.1) is 0 Å². The number of carbonyl (C=O) groups excluding carboxylic acids is 2. The minimum Gasteiger partial charge on any atom is -0.326 e. The summed E-state index contributed by atoms with van der Waals surface area (Å²) in [6, 6.07) is 5.19. The van der Waals surface area contributed by atoms with Crippen LogP contribution in [0, 0.1) is 6.92 Å². The first-order valence-electron chi connectivity index (χ1n) is 8.02. The van der Waals surface area contributed by atoms with Crippen LogP contribution in [0.5, 0.6) is 0 Å². The van der Waals surface area contributed by atoms with Gasteiger partial charge in [-0.25, -0.2) is 9.67 Å². The van der Waals surface area contributed by atoms with E-state index in [-0.39, 0.29) is 23.9 Å². The van der Waals surface area contributed by atoms with Crippen molar-refractivity contribution in [3.05, 3.63) is 45.0 Å². The highest BCUT2D eigenvalue weighted by Gasteiger charge is 2.15. The zero-order valence-corrected chi connectivity index (χ0v) is 16.5. The summed E-state index contributed by atoms with van der Waals surface area (Å²) in [5, 5.41) is 9.84. The molecule has 3 aromatic rings. The van der Waals surface area contributed by atoms with Crippen molar-refractivity contribution in [1.82, 2.24) is 19.3 Å². The molecule has 0 saturated carbocycles. The van der Waals surface area contributed by atoms with Gasteiger partial charge in [0.15, 0.2) is 5.65 Å². The molecule has 0 bridgehead atoms. The van der Waals surface area contributed by atoms with Crippen molar-refractivity contribution in [3.8, 4) is 0 Å². The SMILES string of the molecule is CC(=O)Nc1ccc(C)c(NC(=O)Cn2cnc3c(c(Br)nn3C)c2=O)c1. The zero-order chi connectivity index (χ0) is 19.7. The highest BCUT2D eigenvalue weighted by molar-refractivity contribution is 9.10. The molecule has 27 heavy (non-hydrogen) atoms. The van der Waals surface area contributed by atoms with E-state index in [0.29, 0.717) is 27.0 Å². The highest BCUT2D eigenvalue weighted by atomic mass is 79.9. The first-order valence-corrected chi connectivity index (χ1v) is 8.81. The summed E-state index contributed by atoms with van der Waals surface area (Å²) in [5.74, 6) is -0.592. The Labute approximate surface area is 162 Å². The third-order valence-corrected chi connectivity index (χ3v) is 4.47. The quantitative estimate of drug-likeness (QED) is 0.652. The smallest absolute Gasteiger partial charge is 0.266 e. The first-order chi connectivity index (χ1) is 12.8. The molecule has 0 unspecified atom stereocenters. The van der Waals surface area contributed by atoms with Gasteiger partial charge in [-0.3, -0.25) is 19.0 Å². The molecule has 140 valence electrons. The van der Waals surface area contributed by atoms with Gasteiger partial charge in [0.2, 0.25) is 11.8 Å². The summed E-state index contributed by atoms with van der Waals surface area (Å²) in [6.07, 6.45) is 1.32. The van der Waals surface area contributed by atoms with Crippen LogP contribution in [0.15, 0.2) is 33.9 Å². The summed E-state index contributed by atoms with van der Waals surface area (Å²) >= 11 is 3.24. The summed E-state index contributed by atoms with van der Waals surface area (Å²) in [5.41, 5.74) is 2.02. The van der Waals surface area contributed by atoms with Gasteiger partial charge in [-0.05, 0) is 40.5 Å². The van der Waals surface area contributed by atoms with Crippen molar-refractivity contribution in [2.24, 2.45) is 7.05 Å². The Kier molecular flexibility index (Phi) is 5.08. The van der Waals surface area contributed by atoms with Crippen LogP contribution in [0.25, 0.3) is 11.0 Å². The van der Waals surface area contributed by atoms with E-state index in [4.69, 9.17) is 0 Å². The van der Waals surface area contributed by atoms with Crippen molar-refractivity contribution >= 4 is 50.2 Å². The molecule has 3 rings (SSSR count). The molecule has 1 aromatic carbocycles. The molecule has 0 spiro atoms. The fraction of sp³-hybridized carbons (Fsp3) is 0.235. The van der Waals surface area contributed by atoms with Crippen molar-refractivity contribution < 1.29 is 9.59 Å². The number of anilines is 2. The molecule has 0 aliphatic carbocycles. The molecule has 0 aliphatic rings. The Morgan fingerprint density at radius 1 is 1.26 bits per heavy atom. The second-order valence-corrected chi connectivity index (χ2v) is 6.80. The van der Waals surface area contributed by atoms with E-state index >= 15 is 0 Å². The second kappa shape index (κ2) is 7.31. The van der Waals surface area contributed by atoms with E-state index in [0.717, 1.165) is 5.56 Å². The number of fused-ring (bicyclic) bond motifs is 1. The normalized spacial score (nSPS) is 10.8. The molecule has 0 aliphatic heterocycles. The van der Waals surface area contributed by atoms with Gasteiger partial charge >= 0.3 is 0 Å². The monoisotopic (exact) mass is 432 g/mol. The maximum absolute atomic E-state index is 12.6. The number of amides is 2. The topological polar surface area (TPSA) is 111 Å². The average molecular weight is 433 g/mol. The fourth-order valence-electron chi connectivity index (χ4n) is 2.63. The Balaban J connectivity index is 1.83. The van der Waals surface area contributed by atoms with Crippen LogP contribution in [0.4, 0.5) is 11.4 Å².